The van der Waals surface area contributed by atoms with Crippen LogP contribution >= 0.6 is 11.3 Å². The summed E-state index contributed by atoms with van der Waals surface area (Å²) >= 11 is 1.76. The molecule has 1 aromatic rings. The van der Waals surface area contributed by atoms with Crippen LogP contribution in [-0.4, -0.2) is 80.1 Å². The van der Waals surface area contributed by atoms with E-state index in [9.17, 15) is 4.79 Å². The van der Waals surface area contributed by atoms with Crippen LogP contribution in [0.25, 0.3) is 0 Å². The lowest BCUT2D eigenvalue weighted by atomic mass is 10.2. The maximum atomic E-state index is 12.8. The van der Waals surface area contributed by atoms with Crippen LogP contribution in [0.4, 0.5) is 0 Å². The highest BCUT2D eigenvalue weighted by molar-refractivity contribution is 7.10. The van der Waals surface area contributed by atoms with Gasteiger partial charge in [-0.15, -0.1) is 11.3 Å². The Hall–Kier alpha value is -0.950. The SMILES string of the molecule is CN(C)C[C@@H]1CN(CC(=O)N2CCC[C@H]2c2cccs2)CCO1. The molecule has 2 fully saturated rings. The van der Waals surface area contributed by atoms with E-state index in [2.05, 4.69) is 46.3 Å². The molecular weight excluding hydrogens is 310 g/mol. The Morgan fingerprint density at radius 2 is 2.30 bits per heavy atom. The molecule has 1 amide bonds. The lowest BCUT2D eigenvalue weighted by Crippen LogP contribution is -2.50. The fourth-order valence-corrected chi connectivity index (χ4v) is 4.44. The number of hydrogen-bond acceptors (Lipinski definition) is 5. The topological polar surface area (TPSA) is 36.0 Å². The smallest absolute Gasteiger partial charge is 0.237 e. The highest BCUT2D eigenvalue weighted by Crippen LogP contribution is 2.34. The second-order valence-electron chi connectivity index (χ2n) is 6.75. The van der Waals surface area contributed by atoms with E-state index >= 15 is 0 Å². The predicted octanol–water partition coefficient (Wildman–Crippen LogP) is 1.67. The van der Waals surface area contributed by atoms with Gasteiger partial charge in [-0.2, -0.15) is 0 Å². The van der Waals surface area contributed by atoms with Crippen molar-refractivity contribution in [1.82, 2.24) is 14.7 Å². The predicted molar refractivity (Wildman–Crippen MR) is 92.7 cm³/mol. The highest BCUT2D eigenvalue weighted by atomic mass is 32.1. The molecule has 0 unspecified atom stereocenters. The minimum Gasteiger partial charge on any atom is -0.374 e. The number of hydrogen-bond donors (Lipinski definition) is 0. The van der Waals surface area contributed by atoms with Gasteiger partial charge in [0, 0.05) is 31.1 Å². The van der Waals surface area contributed by atoms with Gasteiger partial charge in [-0.1, -0.05) is 6.07 Å². The van der Waals surface area contributed by atoms with E-state index in [0.29, 0.717) is 12.6 Å². The number of likely N-dealkylation sites (N-methyl/N-ethyl adjacent to an activating group) is 1. The van der Waals surface area contributed by atoms with Gasteiger partial charge in [-0.05, 0) is 38.4 Å². The number of likely N-dealkylation sites (tertiary alicyclic amines) is 1. The van der Waals surface area contributed by atoms with Gasteiger partial charge in [0.15, 0.2) is 0 Å². The molecule has 23 heavy (non-hydrogen) atoms. The van der Waals surface area contributed by atoms with E-state index in [1.165, 1.54) is 4.88 Å². The number of ether oxygens (including phenoxy) is 1. The van der Waals surface area contributed by atoms with Crippen molar-refractivity contribution < 1.29 is 9.53 Å². The summed E-state index contributed by atoms with van der Waals surface area (Å²) in [7, 11) is 4.12. The van der Waals surface area contributed by atoms with E-state index in [0.717, 1.165) is 45.6 Å². The molecule has 0 aromatic carbocycles. The van der Waals surface area contributed by atoms with Gasteiger partial charge < -0.3 is 14.5 Å². The minimum absolute atomic E-state index is 0.207. The molecule has 0 spiro atoms. The van der Waals surface area contributed by atoms with Gasteiger partial charge in [0.2, 0.25) is 5.91 Å². The van der Waals surface area contributed by atoms with Crippen LogP contribution in [0.2, 0.25) is 0 Å². The summed E-state index contributed by atoms with van der Waals surface area (Å²) in [6.45, 7) is 4.75. The Kier molecular flexibility index (Phi) is 5.69. The van der Waals surface area contributed by atoms with Crippen LogP contribution in [0.5, 0.6) is 0 Å². The first-order chi connectivity index (χ1) is 11.1. The third kappa shape index (κ3) is 4.32. The summed E-state index contributed by atoms with van der Waals surface area (Å²) in [5, 5.41) is 2.10. The van der Waals surface area contributed by atoms with E-state index in [1.807, 2.05) is 0 Å². The van der Waals surface area contributed by atoms with E-state index in [4.69, 9.17) is 4.74 Å². The standard InChI is InChI=1S/C17H27N3O2S/c1-18(2)11-14-12-19(8-9-22-14)13-17(21)20-7-3-5-15(20)16-6-4-10-23-16/h4,6,10,14-15H,3,5,7-9,11-13H2,1-2H3/t14-,15+/m1/s1. The quantitative estimate of drug-likeness (QED) is 0.819. The van der Waals surface area contributed by atoms with Gasteiger partial charge in [0.1, 0.15) is 0 Å². The van der Waals surface area contributed by atoms with E-state index < -0.39 is 0 Å². The Morgan fingerprint density at radius 3 is 3.04 bits per heavy atom. The molecule has 3 rings (SSSR count). The summed E-state index contributed by atoms with van der Waals surface area (Å²) in [6, 6.07) is 4.53. The molecule has 128 valence electrons. The van der Waals surface area contributed by atoms with Gasteiger partial charge >= 0.3 is 0 Å². The summed E-state index contributed by atoms with van der Waals surface area (Å²) < 4.78 is 5.80. The Labute approximate surface area is 142 Å². The Balaban J connectivity index is 1.56. The summed E-state index contributed by atoms with van der Waals surface area (Å²) in [4.78, 5) is 20.6. The first-order valence-corrected chi connectivity index (χ1v) is 9.33. The van der Waals surface area contributed by atoms with Gasteiger partial charge in [-0.25, -0.2) is 0 Å². The highest BCUT2D eigenvalue weighted by Gasteiger charge is 2.32. The Bertz CT molecular complexity index is 506. The van der Waals surface area contributed by atoms with Gasteiger partial charge in [-0.3, -0.25) is 9.69 Å². The first kappa shape index (κ1) is 16.9. The van der Waals surface area contributed by atoms with Gasteiger partial charge in [0.05, 0.1) is 25.3 Å². The Morgan fingerprint density at radius 1 is 1.43 bits per heavy atom. The molecular formula is C17H27N3O2S. The van der Waals surface area contributed by atoms with Crippen molar-refractivity contribution in [2.24, 2.45) is 0 Å². The zero-order chi connectivity index (χ0) is 16.2. The van der Waals surface area contributed by atoms with Crippen molar-refractivity contribution in [2.75, 3.05) is 53.4 Å². The maximum Gasteiger partial charge on any atom is 0.237 e. The molecule has 0 N–H and O–H groups in total. The average Bonchev–Trinajstić information content (AvgIpc) is 3.18. The lowest BCUT2D eigenvalue weighted by molar-refractivity contribution is -0.135. The zero-order valence-electron chi connectivity index (χ0n) is 14.1. The van der Waals surface area contributed by atoms with Crippen LogP contribution in [0.15, 0.2) is 17.5 Å². The molecule has 0 saturated carbocycles. The summed E-state index contributed by atoms with van der Waals surface area (Å²) in [5.41, 5.74) is 0. The molecule has 2 saturated heterocycles. The van der Waals surface area contributed by atoms with Crippen molar-refractivity contribution in [2.45, 2.75) is 25.0 Å². The third-order valence-corrected chi connectivity index (χ3v) is 5.57. The monoisotopic (exact) mass is 337 g/mol. The lowest BCUT2D eigenvalue weighted by Gasteiger charge is -2.35. The molecule has 0 aliphatic carbocycles. The third-order valence-electron chi connectivity index (χ3n) is 4.60. The number of morpholine rings is 1. The molecule has 0 bridgehead atoms. The fourth-order valence-electron chi connectivity index (χ4n) is 3.57. The van der Waals surface area contributed by atoms with Crippen LogP contribution < -0.4 is 0 Å². The number of carbonyl (C=O) groups is 1. The largest absolute Gasteiger partial charge is 0.374 e. The molecule has 6 heteroatoms. The van der Waals surface area contributed by atoms with E-state index in [-0.39, 0.29) is 12.0 Å². The summed E-state index contributed by atoms with van der Waals surface area (Å²) in [6.07, 6.45) is 2.41. The van der Waals surface area contributed by atoms with Crippen LogP contribution in [0, 0.1) is 0 Å². The number of carbonyl (C=O) groups excluding carboxylic acids is 1. The van der Waals surface area contributed by atoms with Crippen molar-refractivity contribution in [1.29, 1.82) is 0 Å². The first-order valence-electron chi connectivity index (χ1n) is 8.45. The molecule has 2 aliphatic heterocycles. The van der Waals surface area contributed by atoms with Crippen LogP contribution in [-0.2, 0) is 9.53 Å². The fraction of sp³-hybridized carbons (Fsp3) is 0.706. The number of amides is 1. The van der Waals surface area contributed by atoms with Crippen molar-refractivity contribution in [3.05, 3.63) is 22.4 Å². The van der Waals surface area contributed by atoms with Crippen molar-refractivity contribution in [3.63, 3.8) is 0 Å². The summed E-state index contributed by atoms with van der Waals surface area (Å²) in [5.74, 6) is 0.270. The average molecular weight is 337 g/mol. The molecule has 0 radical (unpaired) electrons. The molecule has 1 aromatic heterocycles. The maximum absolute atomic E-state index is 12.8. The normalized spacial score (nSPS) is 26.1. The minimum atomic E-state index is 0.207. The molecule has 3 heterocycles. The van der Waals surface area contributed by atoms with Crippen LogP contribution in [0.3, 0.4) is 0 Å². The van der Waals surface area contributed by atoms with Crippen LogP contribution in [0.1, 0.15) is 23.8 Å². The van der Waals surface area contributed by atoms with Crippen molar-refractivity contribution in [3.8, 4) is 0 Å². The van der Waals surface area contributed by atoms with Gasteiger partial charge in [0.25, 0.3) is 0 Å². The number of nitrogens with zero attached hydrogens (tertiary/aromatic N) is 3. The number of rotatable bonds is 5. The number of thiophene rings is 1. The zero-order valence-corrected chi connectivity index (χ0v) is 14.9. The van der Waals surface area contributed by atoms with Crippen molar-refractivity contribution >= 4 is 17.2 Å². The molecule has 2 atom stereocenters. The van der Waals surface area contributed by atoms with E-state index in [1.54, 1.807) is 11.3 Å². The molecule has 5 nitrogen and oxygen atoms in total. The second kappa shape index (κ2) is 7.75. The molecule has 2 aliphatic rings. The second-order valence-corrected chi connectivity index (χ2v) is 7.73.